The summed E-state index contributed by atoms with van der Waals surface area (Å²) in [5.74, 6) is -0.861. The maximum atomic E-state index is 10.2. The van der Waals surface area contributed by atoms with Crippen LogP contribution in [0.3, 0.4) is 0 Å². The number of aliphatic hydroxyl groups is 2. The second kappa shape index (κ2) is 15.3. The number of rotatable bonds is 7. The normalized spacial score (nSPS) is 12.8. The van der Waals surface area contributed by atoms with E-state index in [0.29, 0.717) is 23.0 Å². The Balaban J connectivity index is 0.000000513. The summed E-state index contributed by atoms with van der Waals surface area (Å²) in [6.45, 7) is 13.8. The van der Waals surface area contributed by atoms with Gasteiger partial charge in [0, 0.05) is 13.2 Å². The van der Waals surface area contributed by atoms with Crippen molar-refractivity contribution < 1.29 is 30.0 Å². The molecule has 0 fully saturated rings. The Hall–Kier alpha value is -2.70. The molecule has 2 unspecified atom stereocenters. The van der Waals surface area contributed by atoms with Gasteiger partial charge >= 0.3 is 11.9 Å². The molecule has 0 amide bonds. The molecule has 6 heteroatoms. The lowest BCUT2D eigenvalue weighted by Crippen LogP contribution is -2.37. The lowest BCUT2D eigenvalue weighted by Gasteiger charge is -2.43. The molecule has 0 spiro atoms. The van der Waals surface area contributed by atoms with Crippen molar-refractivity contribution >= 4 is 11.9 Å². The Bertz CT molecular complexity index is 748. The van der Waals surface area contributed by atoms with Crippen LogP contribution in [-0.2, 0) is 0 Å². The molecule has 0 aliphatic rings. The average molecular weight is 475 g/mol. The van der Waals surface area contributed by atoms with Crippen LogP contribution < -0.4 is 0 Å². The van der Waals surface area contributed by atoms with E-state index in [9.17, 15) is 19.8 Å². The molecule has 2 atom stereocenters. The molecular formula is C28H42O6. The summed E-state index contributed by atoms with van der Waals surface area (Å²) in [5.41, 5.74) is 1.01. The van der Waals surface area contributed by atoms with Gasteiger partial charge in [0.15, 0.2) is 0 Å². The molecule has 0 aromatic heterocycles. The molecule has 0 saturated heterocycles. The Labute approximate surface area is 204 Å². The summed E-state index contributed by atoms with van der Waals surface area (Å²) < 4.78 is 0. The van der Waals surface area contributed by atoms with Gasteiger partial charge < -0.3 is 20.4 Å². The van der Waals surface area contributed by atoms with Crippen LogP contribution in [0.4, 0.5) is 0 Å². The minimum absolute atomic E-state index is 0.176. The predicted octanol–water partition coefficient (Wildman–Crippen LogP) is 5.85. The first kappa shape index (κ1) is 31.3. The Morgan fingerprint density at radius 3 is 1.03 bits per heavy atom. The lowest BCUT2D eigenvalue weighted by atomic mass is 9.62. The van der Waals surface area contributed by atoms with Gasteiger partial charge in [-0.15, -0.1) is 0 Å². The van der Waals surface area contributed by atoms with E-state index in [0.717, 1.165) is 12.8 Å². The third kappa shape index (κ3) is 12.5. The topological polar surface area (TPSA) is 115 Å². The fourth-order valence-electron chi connectivity index (χ4n) is 3.92. The molecule has 4 N–H and O–H groups in total. The summed E-state index contributed by atoms with van der Waals surface area (Å²) in [7, 11) is 0. The summed E-state index contributed by atoms with van der Waals surface area (Å²) >= 11 is 0. The van der Waals surface area contributed by atoms with Crippen LogP contribution in [0.1, 0.15) is 75.1 Å². The van der Waals surface area contributed by atoms with Crippen molar-refractivity contribution in [1.29, 1.82) is 0 Å². The Morgan fingerprint density at radius 2 is 0.882 bits per heavy atom. The Kier molecular flexibility index (Phi) is 14.0. The smallest absolute Gasteiger partial charge is 0.335 e. The largest absolute Gasteiger partial charge is 0.478 e. The Morgan fingerprint density at radius 1 is 0.618 bits per heavy atom. The van der Waals surface area contributed by atoms with Crippen molar-refractivity contribution in [3.63, 3.8) is 0 Å². The van der Waals surface area contributed by atoms with Gasteiger partial charge in [0.1, 0.15) is 0 Å². The SMILES string of the molecule is CC(C)(C)C(CCO)C(CCO)C(C)(C)C.O=C(O)c1ccccc1.O=C(O)c1ccccc1. The van der Waals surface area contributed by atoms with Gasteiger partial charge in [-0.05, 0) is 59.8 Å². The molecular weight excluding hydrogens is 432 g/mol. The molecule has 0 heterocycles. The van der Waals surface area contributed by atoms with Crippen molar-refractivity contribution in [3.05, 3.63) is 71.8 Å². The second-order valence-electron chi connectivity index (χ2n) is 10.3. The zero-order valence-corrected chi connectivity index (χ0v) is 21.4. The monoisotopic (exact) mass is 474 g/mol. The molecule has 2 aromatic rings. The van der Waals surface area contributed by atoms with Crippen molar-refractivity contribution in [3.8, 4) is 0 Å². The molecule has 6 nitrogen and oxygen atoms in total. The maximum absolute atomic E-state index is 10.2. The van der Waals surface area contributed by atoms with E-state index in [4.69, 9.17) is 10.2 Å². The first-order valence-corrected chi connectivity index (χ1v) is 11.5. The lowest BCUT2D eigenvalue weighted by molar-refractivity contribution is 0.0327. The van der Waals surface area contributed by atoms with E-state index in [1.807, 2.05) is 0 Å². The highest BCUT2D eigenvalue weighted by molar-refractivity contribution is 5.87. The van der Waals surface area contributed by atoms with Crippen LogP contribution in [-0.4, -0.2) is 45.6 Å². The van der Waals surface area contributed by atoms with Crippen molar-refractivity contribution in [2.75, 3.05) is 13.2 Å². The maximum Gasteiger partial charge on any atom is 0.335 e. The van der Waals surface area contributed by atoms with Crippen molar-refractivity contribution in [2.24, 2.45) is 22.7 Å². The van der Waals surface area contributed by atoms with Crippen molar-refractivity contribution in [2.45, 2.75) is 54.4 Å². The van der Waals surface area contributed by atoms with Gasteiger partial charge in [0.2, 0.25) is 0 Å². The summed E-state index contributed by atoms with van der Waals surface area (Å²) in [6.07, 6.45) is 1.65. The van der Waals surface area contributed by atoms with E-state index in [2.05, 4.69) is 41.5 Å². The number of hydrogen-bond donors (Lipinski definition) is 4. The molecule has 190 valence electrons. The molecule has 0 radical (unpaired) electrons. The zero-order valence-electron chi connectivity index (χ0n) is 21.4. The number of carbonyl (C=O) groups is 2. The van der Waals surface area contributed by atoms with E-state index in [1.165, 1.54) is 0 Å². The minimum Gasteiger partial charge on any atom is -0.478 e. The number of carboxylic acid groups (broad SMARTS) is 2. The van der Waals surface area contributed by atoms with E-state index < -0.39 is 11.9 Å². The molecule has 2 aromatic carbocycles. The highest BCUT2D eigenvalue weighted by Crippen LogP contribution is 2.44. The quantitative estimate of drug-likeness (QED) is 0.400. The highest BCUT2D eigenvalue weighted by atomic mass is 16.4. The predicted molar refractivity (Wildman–Crippen MR) is 136 cm³/mol. The number of aliphatic hydroxyl groups excluding tert-OH is 2. The summed E-state index contributed by atoms with van der Waals surface area (Å²) in [4.78, 5) is 20.4. The van der Waals surface area contributed by atoms with Crippen LogP contribution in [0.2, 0.25) is 0 Å². The van der Waals surface area contributed by atoms with E-state index in [-0.39, 0.29) is 24.0 Å². The summed E-state index contributed by atoms with van der Waals surface area (Å²) in [6, 6.07) is 16.6. The second-order valence-corrected chi connectivity index (χ2v) is 10.3. The van der Waals surface area contributed by atoms with Gasteiger partial charge in [-0.1, -0.05) is 77.9 Å². The molecule has 0 aliphatic heterocycles. The van der Waals surface area contributed by atoms with Gasteiger partial charge in [-0.25, -0.2) is 9.59 Å². The third-order valence-electron chi connectivity index (χ3n) is 5.63. The van der Waals surface area contributed by atoms with Crippen LogP contribution in [0.15, 0.2) is 60.7 Å². The molecule has 34 heavy (non-hydrogen) atoms. The fraction of sp³-hybridized carbons (Fsp3) is 0.500. The molecule has 0 bridgehead atoms. The van der Waals surface area contributed by atoms with Gasteiger partial charge in [0.25, 0.3) is 0 Å². The van der Waals surface area contributed by atoms with Crippen molar-refractivity contribution in [1.82, 2.24) is 0 Å². The van der Waals surface area contributed by atoms with E-state index in [1.54, 1.807) is 60.7 Å². The zero-order chi connectivity index (χ0) is 26.4. The van der Waals surface area contributed by atoms with Gasteiger partial charge in [-0.3, -0.25) is 0 Å². The van der Waals surface area contributed by atoms with Crippen LogP contribution in [0, 0.1) is 22.7 Å². The average Bonchev–Trinajstić information content (AvgIpc) is 2.77. The minimum atomic E-state index is -0.879. The number of hydrogen-bond acceptors (Lipinski definition) is 4. The van der Waals surface area contributed by atoms with Gasteiger partial charge in [0.05, 0.1) is 11.1 Å². The highest BCUT2D eigenvalue weighted by Gasteiger charge is 2.37. The van der Waals surface area contributed by atoms with Gasteiger partial charge in [-0.2, -0.15) is 0 Å². The first-order valence-electron chi connectivity index (χ1n) is 11.5. The molecule has 0 saturated carbocycles. The fourth-order valence-corrected chi connectivity index (χ4v) is 3.92. The van der Waals surface area contributed by atoms with Crippen LogP contribution in [0.5, 0.6) is 0 Å². The van der Waals surface area contributed by atoms with E-state index >= 15 is 0 Å². The number of aromatic carboxylic acids is 2. The molecule has 2 rings (SSSR count). The first-order chi connectivity index (χ1) is 15.8. The van der Waals surface area contributed by atoms with Crippen LogP contribution >= 0.6 is 0 Å². The van der Waals surface area contributed by atoms with Crippen LogP contribution in [0.25, 0.3) is 0 Å². The standard InChI is InChI=1S/C14H30O2.2C7H6O2/c1-13(2,3)11(7-9-15)12(8-10-16)14(4,5)6;2*8-7(9)6-4-2-1-3-5-6/h11-12,15-16H,7-10H2,1-6H3;2*1-5H,(H,8,9). The molecule has 0 aliphatic carbocycles. The number of carboxylic acids is 2. The summed E-state index contributed by atoms with van der Waals surface area (Å²) in [5, 5.41) is 35.2. The third-order valence-corrected chi connectivity index (χ3v) is 5.63. The number of benzene rings is 2.